The number of benzene rings is 2. The maximum atomic E-state index is 12.4. The second-order valence-electron chi connectivity index (χ2n) is 4.91. The van der Waals surface area contributed by atoms with Crippen LogP contribution in [0.1, 0.15) is 11.1 Å². The van der Waals surface area contributed by atoms with Crippen LogP contribution in [-0.4, -0.2) is 22.6 Å². The van der Waals surface area contributed by atoms with E-state index in [1.807, 2.05) is 6.92 Å². The van der Waals surface area contributed by atoms with Crippen LogP contribution in [0.2, 0.25) is 5.02 Å². The number of rotatable bonds is 6. The summed E-state index contributed by atoms with van der Waals surface area (Å²) in [5, 5.41) is 0.409. The molecule has 5 nitrogen and oxygen atoms in total. The normalized spacial score (nSPS) is 11.3. The minimum absolute atomic E-state index is 0.0776. The molecule has 0 atom stereocenters. The zero-order valence-corrected chi connectivity index (χ0v) is 14.7. The lowest BCUT2D eigenvalue weighted by Gasteiger charge is -2.12. The van der Waals surface area contributed by atoms with Crippen molar-refractivity contribution >= 4 is 21.6 Å². The van der Waals surface area contributed by atoms with Gasteiger partial charge in [0.1, 0.15) is 11.5 Å². The molecule has 0 heterocycles. The molecule has 0 spiro atoms. The van der Waals surface area contributed by atoms with Gasteiger partial charge in [-0.25, -0.2) is 13.1 Å². The molecule has 0 unspecified atom stereocenters. The first kappa shape index (κ1) is 17.6. The van der Waals surface area contributed by atoms with Crippen LogP contribution in [0.15, 0.2) is 41.3 Å². The Balaban J connectivity index is 2.23. The third kappa shape index (κ3) is 4.16. The molecule has 0 aliphatic heterocycles. The van der Waals surface area contributed by atoms with Gasteiger partial charge >= 0.3 is 0 Å². The summed E-state index contributed by atoms with van der Waals surface area (Å²) in [6.07, 6.45) is 0. The second-order valence-corrected chi connectivity index (χ2v) is 7.09. The summed E-state index contributed by atoms with van der Waals surface area (Å²) in [7, 11) is -0.600. The summed E-state index contributed by atoms with van der Waals surface area (Å²) in [5.74, 6) is 1.20. The van der Waals surface area contributed by atoms with Crippen molar-refractivity contribution in [2.45, 2.75) is 18.4 Å². The van der Waals surface area contributed by atoms with Gasteiger partial charge in [0.05, 0.1) is 19.1 Å². The molecular formula is C16H18ClNO4S. The highest BCUT2D eigenvalue weighted by Crippen LogP contribution is 2.25. The molecule has 0 amide bonds. The zero-order valence-electron chi connectivity index (χ0n) is 13.1. The number of aryl methyl sites for hydroxylation is 1. The SMILES string of the molecule is COc1ccc(OC)c(CNS(=O)(=O)c2ccc(C)c(Cl)c2)c1. The fraction of sp³-hybridized carbons (Fsp3) is 0.250. The molecule has 23 heavy (non-hydrogen) atoms. The van der Waals surface area contributed by atoms with Crippen molar-refractivity contribution in [3.8, 4) is 11.5 Å². The smallest absolute Gasteiger partial charge is 0.240 e. The van der Waals surface area contributed by atoms with Crippen LogP contribution < -0.4 is 14.2 Å². The monoisotopic (exact) mass is 355 g/mol. The topological polar surface area (TPSA) is 64.6 Å². The summed E-state index contributed by atoms with van der Waals surface area (Å²) in [4.78, 5) is 0.120. The zero-order chi connectivity index (χ0) is 17.0. The van der Waals surface area contributed by atoms with Gasteiger partial charge < -0.3 is 9.47 Å². The molecular weight excluding hydrogens is 338 g/mol. The summed E-state index contributed by atoms with van der Waals surface area (Å²) in [6.45, 7) is 1.89. The Kier molecular flexibility index (Phi) is 5.51. The largest absolute Gasteiger partial charge is 0.497 e. The van der Waals surface area contributed by atoms with E-state index in [9.17, 15) is 8.42 Å². The third-order valence-corrected chi connectivity index (χ3v) is 5.20. The van der Waals surface area contributed by atoms with Crippen molar-refractivity contribution in [1.29, 1.82) is 0 Å². The first-order valence-electron chi connectivity index (χ1n) is 6.84. The average Bonchev–Trinajstić information content (AvgIpc) is 2.55. The van der Waals surface area contributed by atoms with E-state index in [1.54, 1.807) is 31.4 Å². The van der Waals surface area contributed by atoms with Gasteiger partial charge in [-0.05, 0) is 42.8 Å². The molecule has 0 radical (unpaired) electrons. The Hall–Kier alpha value is -1.76. The summed E-state index contributed by atoms with van der Waals surface area (Å²) < 4.78 is 37.7. The number of halogens is 1. The highest BCUT2D eigenvalue weighted by atomic mass is 35.5. The average molecular weight is 356 g/mol. The van der Waals surface area contributed by atoms with Crippen LogP contribution in [0.4, 0.5) is 0 Å². The molecule has 2 aromatic carbocycles. The molecule has 0 aliphatic rings. The second kappa shape index (κ2) is 7.21. The van der Waals surface area contributed by atoms with Gasteiger partial charge in [-0.1, -0.05) is 17.7 Å². The van der Waals surface area contributed by atoms with E-state index in [0.717, 1.165) is 5.56 Å². The van der Waals surface area contributed by atoms with E-state index in [1.165, 1.54) is 19.2 Å². The number of sulfonamides is 1. The van der Waals surface area contributed by atoms with Gasteiger partial charge in [0.25, 0.3) is 0 Å². The minimum Gasteiger partial charge on any atom is -0.497 e. The van der Waals surface area contributed by atoms with Gasteiger partial charge in [-0.3, -0.25) is 0 Å². The highest BCUT2D eigenvalue weighted by Gasteiger charge is 2.16. The van der Waals surface area contributed by atoms with Crippen molar-refractivity contribution in [3.05, 3.63) is 52.5 Å². The maximum Gasteiger partial charge on any atom is 0.240 e. The number of ether oxygens (including phenoxy) is 2. The molecule has 0 fully saturated rings. The highest BCUT2D eigenvalue weighted by molar-refractivity contribution is 7.89. The molecule has 2 aromatic rings. The van der Waals surface area contributed by atoms with Crippen molar-refractivity contribution in [2.75, 3.05) is 14.2 Å². The Bertz CT molecular complexity index is 806. The molecule has 124 valence electrons. The predicted octanol–water partition coefficient (Wildman–Crippen LogP) is 3.14. The molecule has 7 heteroatoms. The lowest BCUT2D eigenvalue weighted by Crippen LogP contribution is -2.23. The standard InChI is InChI=1S/C16H18ClNO4S/c1-11-4-6-14(9-15(11)17)23(19,20)18-10-12-8-13(21-2)5-7-16(12)22-3/h4-9,18H,10H2,1-3H3. The fourth-order valence-corrected chi connectivity index (χ4v) is 3.29. The quantitative estimate of drug-likeness (QED) is 0.864. The summed E-state index contributed by atoms with van der Waals surface area (Å²) >= 11 is 6.00. The lowest BCUT2D eigenvalue weighted by atomic mass is 10.2. The summed E-state index contributed by atoms with van der Waals surface area (Å²) in [6, 6.07) is 9.82. The number of hydrogen-bond acceptors (Lipinski definition) is 4. The van der Waals surface area contributed by atoms with Crippen LogP contribution in [0, 0.1) is 6.92 Å². The molecule has 2 rings (SSSR count). The number of methoxy groups -OCH3 is 2. The van der Waals surface area contributed by atoms with Crippen molar-refractivity contribution < 1.29 is 17.9 Å². The first-order valence-corrected chi connectivity index (χ1v) is 8.70. The van der Waals surface area contributed by atoms with E-state index in [4.69, 9.17) is 21.1 Å². The molecule has 0 saturated heterocycles. The van der Waals surface area contributed by atoms with E-state index in [2.05, 4.69) is 4.72 Å². The van der Waals surface area contributed by atoms with Crippen LogP contribution in [0.25, 0.3) is 0 Å². The Morgan fingerprint density at radius 3 is 2.43 bits per heavy atom. The number of nitrogens with one attached hydrogen (secondary N) is 1. The van der Waals surface area contributed by atoms with Gasteiger partial charge in [0, 0.05) is 17.1 Å². The van der Waals surface area contributed by atoms with Gasteiger partial charge in [0.15, 0.2) is 0 Å². The van der Waals surface area contributed by atoms with Crippen LogP contribution in [0.3, 0.4) is 0 Å². The molecule has 0 bridgehead atoms. The molecule has 0 aromatic heterocycles. The van der Waals surface area contributed by atoms with E-state index >= 15 is 0 Å². The van der Waals surface area contributed by atoms with Crippen LogP contribution in [-0.2, 0) is 16.6 Å². The molecule has 0 aliphatic carbocycles. The first-order chi connectivity index (χ1) is 10.9. The Morgan fingerprint density at radius 2 is 1.83 bits per heavy atom. The summed E-state index contributed by atoms with van der Waals surface area (Å²) in [5.41, 5.74) is 1.49. The Labute approximate surface area is 141 Å². The maximum absolute atomic E-state index is 12.4. The van der Waals surface area contributed by atoms with Crippen LogP contribution in [0.5, 0.6) is 11.5 Å². The van der Waals surface area contributed by atoms with Crippen molar-refractivity contribution in [3.63, 3.8) is 0 Å². The van der Waals surface area contributed by atoms with E-state index in [0.29, 0.717) is 22.1 Å². The van der Waals surface area contributed by atoms with E-state index in [-0.39, 0.29) is 11.4 Å². The van der Waals surface area contributed by atoms with Gasteiger partial charge in [-0.2, -0.15) is 0 Å². The fourth-order valence-electron chi connectivity index (χ4n) is 2.02. The minimum atomic E-state index is -3.67. The van der Waals surface area contributed by atoms with Crippen LogP contribution >= 0.6 is 11.6 Å². The number of hydrogen-bond donors (Lipinski definition) is 1. The van der Waals surface area contributed by atoms with Gasteiger partial charge in [-0.15, -0.1) is 0 Å². The third-order valence-electron chi connectivity index (χ3n) is 3.39. The molecule has 1 N–H and O–H groups in total. The van der Waals surface area contributed by atoms with Crippen molar-refractivity contribution in [1.82, 2.24) is 4.72 Å². The van der Waals surface area contributed by atoms with Gasteiger partial charge in [0.2, 0.25) is 10.0 Å². The lowest BCUT2D eigenvalue weighted by molar-refractivity contribution is 0.398. The van der Waals surface area contributed by atoms with E-state index < -0.39 is 10.0 Å². The predicted molar refractivity (Wildman–Crippen MR) is 89.8 cm³/mol. The Morgan fingerprint density at radius 1 is 1.09 bits per heavy atom. The van der Waals surface area contributed by atoms with Crippen molar-refractivity contribution in [2.24, 2.45) is 0 Å². The molecule has 0 saturated carbocycles.